The summed E-state index contributed by atoms with van der Waals surface area (Å²) in [5, 5.41) is 6.51. The Labute approximate surface area is 232 Å². The Morgan fingerprint density at radius 2 is 1.84 bits per heavy atom. The number of piperidine rings is 1. The van der Waals surface area contributed by atoms with Gasteiger partial charge in [0.15, 0.2) is 23.3 Å². The van der Waals surface area contributed by atoms with Gasteiger partial charge in [-0.05, 0) is 19.8 Å². The molecule has 38 heavy (non-hydrogen) atoms. The fourth-order valence-electron chi connectivity index (χ4n) is 4.58. The Morgan fingerprint density at radius 1 is 1.11 bits per heavy atom. The van der Waals surface area contributed by atoms with Crippen LogP contribution in [0.3, 0.4) is 0 Å². The van der Waals surface area contributed by atoms with Crippen LogP contribution in [0.15, 0.2) is 41.5 Å². The maximum atomic E-state index is 13.3. The number of nitrogens with zero attached hydrogens (tertiary/aromatic N) is 6. The summed E-state index contributed by atoms with van der Waals surface area (Å²) in [7, 11) is 0. The van der Waals surface area contributed by atoms with E-state index >= 15 is 0 Å². The van der Waals surface area contributed by atoms with Gasteiger partial charge in [-0.1, -0.05) is 52.9 Å². The molecule has 12 nitrogen and oxygen atoms in total. The van der Waals surface area contributed by atoms with Gasteiger partial charge in [-0.15, -0.1) is 0 Å². The molecule has 2 aliphatic heterocycles. The Morgan fingerprint density at radius 3 is 2.53 bits per heavy atom. The van der Waals surface area contributed by atoms with Gasteiger partial charge in [0.05, 0.1) is 22.5 Å². The summed E-state index contributed by atoms with van der Waals surface area (Å²) in [6.45, 7) is 3.50. The molecular formula is C25H27IN10O2. The van der Waals surface area contributed by atoms with E-state index < -0.39 is 5.91 Å². The molecule has 196 valence electrons. The van der Waals surface area contributed by atoms with Crippen LogP contribution in [0.2, 0.25) is 0 Å². The van der Waals surface area contributed by atoms with Crippen molar-refractivity contribution in [2.24, 2.45) is 4.99 Å². The van der Waals surface area contributed by atoms with Crippen molar-refractivity contribution in [3.63, 3.8) is 0 Å². The third-order valence-corrected chi connectivity index (χ3v) is 7.52. The minimum atomic E-state index is -0.602. The molecule has 1 aromatic carbocycles. The highest BCUT2D eigenvalue weighted by Crippen LogP contribution is 2.26. The maximum Gasteiger partial charge on any atom is 0.302 e. The molecule has 1 spiro atoms. The van der Waals surface area contributed by atoms with Gasteiger partial charge in [0.1, 0.15) is 5.82 Å². The number of nitrogen functional groups attached to an aromatic ring is 2. The zero-order chi connectivity index (χ0) is 26.9. The molecule has 0 radical (unpaired) electrons. The number of rotatable bonds is 4. The Bertz CT molecular complexity index is 1420. The van der Waals surface area contributed by atoms with Gasteiger partial charge < -0.3 is 27.0 Å². The van der Waals surface area contributed by atoms with E-state index in [1.165, 1.54) is 0 Å². The van der Waals surface area contributed by atoms with Crippen molar-refractivity contribution in [2.45, 2.75) is 29.7 Å². The predicted molar refractivity (Wildman–Crippen MR) is 152 cm³/mol. The molecule has 0 unspecified atom stereocenters. The van der Waals surface area contributed by atoms with Gasteiger partial charge in [-0.2, -0.15) is 4.99 Å². The molecule has 6 N–H and O–H groups in total. The lowest BCUT2D eigenvalue weighted by atomic mass is 9.88. The maximum absolute atomic E-state index is 13.3. The van der Waals surface area contributed by atoms with Crippen LogP contribution in [-0.2, 0) is 4.43 Å². The first kappa shape index (κ1) is 25.8. The van der Waals surface area contributed by atoms with E-state index in [4.69, 9.17) is 11.5 Å². The number of carbonyl (C=O) groups is 2. The normalized spacial score (nSPS) is 17.3. The number of nitrogens with one attached hydrogen (secondary N) is 2. The van der Waals surface area contributed by atoms with Crippen molar-refractivity contribution in [2.75, 3.05) is 31.1 Å². The molecule has 13 heteroatoms. The molecular weight excluding hydrogens is 599 g/mol. The average Bonchev–Trinajstić information content (AvgIpc) is 3.30. The summed E-state index contributed by atoms with van der Waals surface area (Å²) >= 11 is 2.09. The van der Waals surface area contributed by atoms with Crippen LogP contribution >= 0.6 is 22.6 Å². The number of benzene rings is 1. The predicted octanol–water partition coefficient (Wildman–Crippen LogP) is 1.71. The van der Waals surface area contributed by atoms with Crippen LogP contribution in [0.1, 0.15) is 45.1 Å². The topological polar surface area (TPSA) is 177 Å². The number of halogens is 1. The number of carbonyl (C=O) groups excluding carboxylic acids is 2. The van der Waals surface area contributed by atoms with Crippen LogP contribution in [0.4, 0.5) is 11.6 Å². The average molecular weight is 626 g/mol. The minimum Gasteiger partial charge on any atom is -0.382 e. The Balaban J connectivity index is 1.23. The first-order valence-electron chi connectivity index (χ1n) is 12.1. The molecule has 0 aliphatic carbocycles. The van der Waals surface area contributed by atoms with Crippen molar-refractivity contribution in [1.82, 2.24) is 35.5 Å². The van der Waals surface area contributed by atoms with Crippen LogP contribution < -0.4 is 22.1 Å². The smallest absolute Gasteiger partial charge is 0.302 e. The monoisotopic (exact) mass is 626 g/mol. The number of guanidine groups is 1. The molecule has 3 aromatic rings. The van der Waals surface area contributed by atoms with Crippen LogP contribution in [-0.4, -0.2) is 67.8 Å². The number of amides is 2. The number of nitrogens with two attached hydrogens (primary N) is 2. The van der Waals surface area contributed by atoms with E-state index in [0.717, 1.165) is 5.56 Å². The summed E-state index contributed by atoms with van der Waals surface area (Å²) in [5.41, 5.74) is 13.9. The third kappa shape index (κ3) is 5.10. The molecule has 0 bridgehead atoms. The van der Waals surface area contributed by atoms with Crippen molar-refractivity contribution in [3.8, 4) is 11.4 Å². The quantitative estimate of drug-likeness (QED) is 0.246. The van der Waals surface area contributed by atoms with Crippen molar-refractivity contribution >= 4 is 52.0 Å². The van der Waals surface area contributed by atoms with Crippen LogP contribution in [0, 0.1) is 6.92 Å². The summed E-state index contributed by atoms with van der Waals surface area (Å²) in [6, 6.07) is 9.67. The summed E-state index contributed by atoms with van der Waals surface area (Å²) < 4.78 is 0.491. The number of alkyl halides is 1. The van der Waals surface area contributed by atoms with E-state index in [9.17, 15) is 9.59 Å². The van der Waals surface area contributed by atoms with Crippen molar-refractivity contribution in [3.05, 3.63) is 59.2 Å². The molecule has 0 atom stereocenters. The van der Waals surface area contributed by atoms with Gasteiger partial charge in [-0.25, -0.2) is 19.9 Å². The first-order valence-corrected chi connectivity index (χ1v) is 13.6. The molecule has 0 saturated carbocycles. The highest BCUT2D eigenvalue weighted by molar-refractivity contribution is 14.1. The summed E-state index contributed by atoms with van der Waals surface area (Å²) in [5.74, 6) is 0.403. The number of hydrogen-bond donors (Lipinski definition) is 4. The minimum absolute atomic E-state index is 0.0285. The molecule has 2 amide bonds. The SMILES string of the molecule is Cc1nc(-c2ccccc2)ncc1C(=O)N1CCC2(CC1)CN/C(=N\C(=O)c1nc(CI)c(N)nc1N)N2. The molecule has 5 rings (SSSR count). The molecule has 2 saturated heterocycles. The largest absolute Gasteiger partial charge is 0.382 e. The number of anilines is 2. The van der Waals surface area contributed by atoms with Crippen molar-refractivity contribution in [1.29, 1.82) is 0 Å². The van der Waals surface area contributed by atoms with Crippen LogP contribution in [0.5, 0.6) is 0 Å². The standard InChI is InChI=1S/C25H27IN10O2/c1-14-16(12-29-21(31-14)15-5-3-2-4-6-15)23(38)36-9-7-25(8-10-36)13-30-24(35-25)34-22(37)18-20(28)33-19(27)17(11-26)32-18/h2-6,12H,7-11,13H2,1H3,(H4,27,28,33)(H2,30,34,35,37). The van der Waals surface area contributed by atoms with Crippen LogP contribution in [0.25, 0.3) is 11.4 Å². The van der Waals surface area contributed by atoms with Gasteiger partial charge in [0.2, 0.25) is 0 Å². The number of likely N-dealkylation sites (tertiary alicyclic amines) is 1. The highest BCUT2D eigenvalue weighted by atomic mass is 127. The Hall–Kier alpha value is -3.88. The molecule has 2 aromatic heterocycles. The van der Waals surface area contributed by atoms with E-state index in [0.29, 0.717) is 65.6 Å². The number of aromatic nitrogens is 4. The zero-order valence-electron chi connectivity index (χ0n) is 20.7. The molecule has 2 fully saturated rings. The molecule has 2 aliphatic rings. The summed E-state index contributed by atoms with van der Waals surface area (Å²) in [6.07, 6.45) is 2.98. The third-order valence-electron chi connectivity index (χ3n) is 6.80. The van der Waals surface area contributed by atoms with E-state index in [2.05, 4.69) is 58.2 Å². The second-order valence-electron chi connectivity index (χ2n) is 9.30. The lowest BCUT2D eigenvalue weighted by Crippen LogP contribution is -2.53. The second-order valence-corrected chi connectivity index (χ2v) is 10.1. The van der Waals surface area contributed by atoms with Gasteiger partial charge in [0, 0.05) is 35.8 Å². The van der Waals surface area contributed by atoms with Crippen molar-refractivity contribution < 1.29 is 9.59 Å². The molecule has 4 heterocycles. The lowest BCUT2D eigenvalue weighted by Gasteiger charge is -2.38. The fourth-order valence-corrected chi connectivity index (χ4v) is 5.14. The van der Waals surface area contributed by atoms with Gasteiger partial charge >= 0.3 is 5.91 Å². The lowest BCUT2D eigenvalue weighted by molar-refractivity contribution is 0.0667. The first-order chi connectivity index (χ1) is 18.3. The van der Waals surface area contributed by atoms with E-state index in [-0.39, 0.29) is 28.8 Å². The van der Waals surface area contributed by atoms with Gasteiger partial charge in [-0.3, -0.25) is 9.59 Å². The summed E-state index contributed by atoms with van der Waals surface area (Å²) in [4.78, 5) is 49.2. The fraction of sp³-hybridized carbons (Fsp3) is 0.320. The van der Waals surface area contributed by atoms with E-state index in [1.54, 1.807) is 6.20 Å². The zero-order valence-corrected chi connectivity index (χ0v) is 22.9. The highest BCUT2D eigenvalue weighted by Gasteiger charge is 2.41. The second kappa shape index (κ2) is 10.5. The number of aryl methyl sites for hydroxylation is 1. The van der Waals surface area contributed by atoms with Gasteiger partial charge in [0.25, 0.3) is 5.91 Å². The number of hydrogen-bond acceptors (Lipinski definition) is 8. The number of aliphatic imine (C=N–C) groups is 1. The Kier molecular flexibility index (Phi) is 7.10. The van der Waals surface area contributed by atoms with E-state index in [1.807, 2.05) is 42.2 Å².